The third kappa shape index (κ3) is 4.53. The van der Waals surface area contributed by atoms with Gasteiger partial charge in [-0.3, -0.25) is 4.98 Å². The van der Waals surface area contributed by atoms with Crippen molar-refractivity contribution in [1.82, 2.24) is 14.7 Å². The second kappa shape index (κ2) is 8.55. The lowest BCUT2D eigenvalue weighted by atomic mass is 10.0. The summed E-state index contributed by atoms with van der Waals surface area (Å²) >= 11 is 0. The maximum atomic E-state index is 12.8. The van der Waals surface area contributed by atoms with Crippen LogP contribution in [0.15, 0.2) is 72.0 Å². The van der Waals surface area contributed by atoms with E-state index in [1.165, 1.54) is 10.9 Å². The Hall–Kier alpha value is -2.74. The molecule has 0 saturated carbocycles. The molecule has 1 unspecified atom stereocenters. The van der Waals surface area contributed by atoms with E-state index in [2.05, 4.69) is 26.8 Å². The molecule has 0 bridgehead atoms. The number of H-pyrrole nitrogens is 1. The van der Waals surface area contributed by atoms with Crippen molar-refractivity contribution in [1.29, 1.82) is 0 Å². The van der Waals surface area contributed by atoms with Crippen molar-refractivity contribution in [2.24, 2.45) is 5.73 Å². The molecule has 0 spiro atoms. The zero-order valence-electron chi connectivity index (χ0n) is 16.9. The standard InChI is InChI=1S/C23H26N4O2S/c1-16(12-20(24)8-6-19-15-26-23-5-3-2-4-22(19)23)27-30(28,29)21-9-7-18-14-25-11-10-17(18)13-21/h2-5,7,9-11,13-16,20,26-27H,6,8,12,24H2,1H3/t16-,20?/m1/s1. The molecular formula is C23H26N4O2S. The van der Waals surface area contributed by atoms with Gasteiger partial charge in [0.2, 0.25) is 10.0 Å². The van der Waals surface area contributed by atoms with Crippen molar-refractivity contribution in [2.75, 3.05) is 0 Å². The first-order chi connectivity index (χ1) is 14.4. The van der Waals surface area contributed by atoms with Gasteiger partial charge in [-0.1, -0.05) is 24.3 Å². The number of benzene rings is 2. The van der Waals surface area contributed by atoms with Gasteiger partial charge in [0.15, 0.2) is 0 Å². The monoisotopic (exact) mass is 422 g/mol. The number of aromatic nitrogens is 2. The average Bonchev–Trinajstić information content (AvgIpc) is 3.14. The van der Waals surface area contributed by atoms with Crippen LogP contribution >= 0.6 is 0 Å². The predicted octanol–water partition coefficient (Wildman–Crippen LogP) is 3.73. The molecule has 0 aliphatic heterocycles. The summed E-state index contributed by atoms with van der Waals surface area (Å²) in [6.07, 6.45) is 7.61. The van der Waals surface area contributed by atoms with Crippen LogP contribution < -0.4 is 10.5 Å². The van der Waals surface area contributed by atoms with Gasteiger partial charge in [-0.05, 0) is 61.4 Å². The van der Waals surface area contributed by atoms with E-state index in [0.717, 1.165) is 29.1 Å². The Labute approximate surface area is 176 Å². The Morgan fingerprint density at radius 1 is 1.13 bits per heavy atom. The lowest BCUT2D eigenvalue weighted by molar-refractivity contribution is 0.485. The zero-order valence-corrected chi connectivity index (χ0v) is 17.7. The van der Waals surface area contributed by atoms with Crippen molar-refractivity contribution >= 4 is 31.7 Å². The Balaban J connectivity index is 1.36. The molecule has 2 aromatic carbocycles. The van der Waals surface area contributed by atoms with Crippen molar-refractivity contribution in [3.63, 3.8) is 0 Å². The summed E-state index contributed by atoms with van der Waals surface area (Å²) in [7, 11) is -3.61. The topological polar surface area (TPSA) is 101 Å². The lowest BCUT2D eigenvalue weighted by Crippen LogP contribution is -2.37. The summed E-state index contributed by atoms with van der Waals surface area (Å²) in [6.45, 7) is 1.86. The average molecular weight is 423 g/mol. The lowest BCUT2D eigenvalue weighted by Gasteiger charge is -2.19. The highest BCUT2D eigenvalue weighted by Gasteiger charge is 2.19. The van der Waals surface area contributed by atoms with E-state index in [4.69, 9.17) is 5.73 Å². The third-order valence-electron chi connectivity index (χ3n) is 5.39. The molecule has 0 saturated heterocycles. The van der Waals surface area contributed by atoms with Gasteiger partial charge in [-0.25, -0.2) is 13.1 Å². The Bertz CT molecular complexity index is 1270. The summed E-state index contributed by atoms with van der Waals surface area (Å²) < 4.78 is 28.3. The fraction of sp³-hybridized carbons (Fsp3) is 0.261. The van der Waals surface area contributed by atoms with Gasteiger partial charge in [0.25, 0.3) is 0 Å². The first-order valence-corrected chi connectivity index (χ1v) is 11.6. The number of fused-ring (bicyclic) bond motifs is 2. The molecule has 4 rings (SSSR count). The minimum atomic E-state index is -3.61. The number of nitrogens with two attached hydrogens (primary N) is 1. The quantitative estimate of drug-likeness (QED) is 0.403. The SMILES string of the molecule is C[C@H](CC(N)CCc1c[nH]c2ccccc12)NS(=O)(=O)c1ccc2cnccc2c1. The van der Waals surface area contributed by atoms with Crippen LogP contribution in [-0.2, 0) is 16.4 Å². The van der Waals surface area contributed by atoms with Gasteiger partial charge in [0.05, 0.1) is 4.90 Å². The number of pyridine rings is 1. The Morgan fingerprint density at radius 3 is 2.83 bits per heavy atom. The largest absolute Gasteiger partial charge is 0.361 e. The molecule has 4 aromatic rings. The van der Waals surface area contributed by atoms with Crippen LogP contribution in [0, 0.1) is 0 Å². The van der Waals surface area contributed by atoms with Crippen molar-refractivity contribution in [3.05, 3.63) is 72.7 Å². The molecule has 2 atom stereocenters. The van der Waals surface area contributed by atoms with E-state index >= 15 is 0 Å². The Morgan fingerprint density at radius 2 is 1.97 bits per heavy atom. The molecule has 0 fully saturated rings. The van der Waals surface area contributed by atoms with E-state index in [1.807, 2.05) is 25.3 Å². The van der Waals surface area contributed by atoms with Crippen molar-refractivity contribution < 1.29 is 8.42 Å². The summed E-state index contributed by atoms with van der Waals surface area (Å²) in [5.41, 5.74) is 8.67. The van der Waals surface area contributed by atoms with Gasteiger partial charge in [0.1, 0.15) is 0 Å². The number of rotatable bonds is 8. The van der Waals surface area contributed by atoms with Gasteiger partial charge in [-0.15, -0.1) is 0 Å². The minimum Gasteiger partial charge on any atom is -0.361 e. The van der Waals surface area contributed by atoms with E-state index in [-0.39, 0.29) is 17.0 Å². The number of aromatic amines is 1. The maximum Gasteiger partial charge on any atom is 0.240 e. The minimum absolute atomic E-state index is 0.0981. The third-order valence-corrected chi connectivity index (χ3v) is 6.98. The van der Waals surface area contributed by atoms with Crippen LogP contribution in [0.1, 0.15) is 25.3 Å². The summed E-state index contributed by atoms with van der Waals surface area (Å²) in [4.78, 5) is 7.59. The van der Waals surface area contributed by atoms with E-state index < -0.39 is 10.0 Å². The number of nitrogens with zero attached hydrogens (tertiary/aromatic N) is 1. The van der Waals surface area contributed by atoms with Crippen molar-refractivity contribution in [3.8, 4) is 0 Å². The molecule has 0 aliphatic rings. The van der Waals surface area contributed by atoms with Crippen LogP contribution in [0.5, 0.6) is 0 Å². The molecule has 0 radical (unpaired) electrons. The molecule has 0 amide bonds. The molecule has 2 heterocycles. The van der Waals surface area contributed by atoms with Crippen molar-refractivity contribution in [2.45, 2.75) is 43.2 Å². The van der Waals surface area contributed by atoms with Crippen LogP contribution in [0.25, 0.3) is 21.7 Å². The van der Waals surface area contributed by atoms with Gasteiger partial charge in [-0.2, -0.15) is 0 Å². The van der Waals surface area contributed by atoms with E-state index in [9.17, 15) is 8.42 Å². The second-order valence-corrected chi connectivity index (χ2v) is 9.51. The predicted molar refractivity (Wildman–Crippen MR) is 121 cm³/mol. The number of aryl methyl sites for hydroxylation is 1. The smallest absolute Gasteiger partial charge is 0.240 e. The molecule has 156 valence electrons. The van der Waals surface area contributed by atoms with Crippen LogP contribution in [0.3, 0.4) is 0 Å². The molecule has 4 N–H and O–H groups in total. The van der Waals surface area contributed by atoms with Crippen LogP contribution in [0.4, 0.5) is 0 Å². The summed E-state index contributed by atoms with van der Waals surface area (Å²) in [6, 6.07) is 14.7. The first-order valence-electron chi connectivity index (χ1n) is 10.1. The molecule has 0 aliphatic carbocycles. The number of sulfonamides is 1. The highest BCUT2D eigenvalue weighted by atomic mass is 32.2. The Kier molecular flexibility index (Phi) is 5.85. The number of nitrogens with one attached hydrogen (secondary N) is 2. The van der Waals surface area contributed by atoms with Gasteiger partial charge < -0.3 is 10.7 Å². The summed E-state index contributed by atoms with van der Waals surface area (Å²) in [5, 5.41) is 2.96. The van der Waals surface area contributed by atoms with E-state index in [0.29, 0.717) is 6.42 Å². The fourth-order valence-corrected chi connectivity index (χ4v) is 5.15. The van der Waals surface area contributed by atoms with E-state index in [1.54, 1.807) is 36.7 Å². The number of hydrogen-bond acceptors (Lipinski definition) is 4. The zero-order chi connectivity index (χ0) is 21.1. The van der Waals surface area contributed by atoms with Crippen LogP contribution in [-0.4, -0.2) is 30.5 Å². The van der Waals surface area contributed by atoms with Gasteiger partial charge >= 0.3 is 0 Å². The molecule has 30 heavy (non-hydrogen) atoms. The summed E-state index contributed by atoms with van der Waals surface area (Å²) in [5.74, 6) is 0. The van der Waals surface area contributed by atoms with Crippen LogP contribution in [0.2, 0.25) is 0 Å². The number of para-hydroxylation sites is 1. The van der Waals surface area contributed by atoms with Gasteiger partial charge in [0, 0.05) is 47.0 Å². The second-order valence-electron chi connectivity index (χ2n) is 7.80. The molecule has 7 heteroatoms. The highest BCUT2D eigenvalue weighted by molar-refractivity contribution is 7.89. The first kappa shape index (κ1) is 20.5. The molecular weight excluding hydrogens is 396 g/mol. The fourth-order valence-electron chi connectivity index (χ4n) is 3.86. The maximum absolute atomic E-state index is 12.8. The molecule has 2 aromatic heterocycles. The number of hydrogen-bond donors (Lipinski definition) is 3. The highest BCUT2D eigenvalue weighted by Crippen LogP contribution is 2.21. The molecule has 6 nitrogen and oxygen atoms in total. The normalized spacial score (nSPS) is 14.2.